The molecule has 166 valence electrons. The number of anilines is 1. The van der Waals surface area contributed by atoms with Crippen molar-refractivity contribution in [3.05, 3.63) is 89.5 Å². The van der Waals surface area contributed by atoms with Crippen LogP contribution in [0.5, 0.6) is 17.2 Å². The van der Waals surface area contributed by atoms with E-state index in [0.717, 1.165) is 0 Å². The Kier molecular flexibility index (Phi) is 5.22. The van der Waals surface area contributed by atoms with Gasteiger partial charge >= 0.3 is 0 Å². The highest BCUT2D eigenvalue weighted by Gasteiger charge is 2.47. The predicted molar refractivity (Wildman–Crippen MR) is 122 cm³/mol. The van der Waals surface area contributed by atoms with E-state index in [2.05, 4.69) is 0 Å². The van der Waals surface area contributed by atoms with E-state index < -0.39 is 17.7 Å². The topological polar surface area (TPSA) is 85.3 Å². The molecule has 1 fully saturated rings. The maximum atomic E-state index is 13.2. The number of ketones is 1. The molecule has 7 nitrogen and oxygen atoms in total. The number of Topliss-reactive ketones (excluding diaryl/α,β-unsaturated/α-hetero) is 1. The molecule has 0 aromatic heterocycles. The number of methoxy groups -OCH3 is 1. The standard InChI is InChI=1S/C26H21NO6/c1-31-19-9-5-8-18(15-19)27-23(16-6-3-2-4-7-16)22(25(29)26(27)30)24(28)17-10-11-20-21(14-17)33-13-12-32-20/h2-11,14-15,23,28H,12-13H2,1H3/b24-22-. The molecule has 3 aromatic rings. The molecule has 1 unspecified atom stereocenters. The minimum Gasteiger partial charge on any atom is -0.507 e. The summed E-state index contributed by atoms with van der Waals surface area (Å²) in [7, 11) is 1.53. The minimum atomic E-state index is -0.813. The summed E-state index contributed by atoms with van der Waals surface area (Å²) in [6.07, 6.45) is 0. The molecule has 0 radical (unpaired) electrons. The van der Waals surface area contributed by atoms with E-state index in [1.807, 2.05) is 30.3 Å². The fourth-order valence-corrected chi connectivity index (χ4v) is 4.16. The second-order valence-corrected chi connectivity index (χ2v) is 7.64. The van der Waals surface area contributed by atoms with Crippen LogP contribution < -0.4 is 19.1 Å². The van der Waals surface area contributed by atoms with Gasteiger partial charge in [-0.25, -0.2) is 0 Å². The number of fused-ring (bicyclic) bond motifs is 1. The Labute approximate surface area is 190 Å². The molecule has 3 aromatic carbocycles. The number of amides is 1. The normalized spacial score (nSPS) is 18.9. The van der Waals surface area contributed by atoms with Crippen LogP contribution in [0, 0.1) is 0 Å². The van der Waals surface area contributed by atoms with E-state index >= 15 is 0 Å². The lowest BCUT2D eigenvalue weighted by molar-refractivity contribution is -0.132. The smallest absolute Gasteiger partial charge is 0.300 e. The molecule has 1 saturated heterocycles. The highest BCUT2D eigenvalue weighted by Crippen LogP contribution is 2.43. The van der Waals surface area contributed by atoms with Crippen molar-refractivity contribution in [3.63, 3.8) is 0 Å². The van der Waals surface area contributed by atoms with Gasteiger partial charge in [-0.15, -0.1) is 0 Å². The average molecular weight is 443 g/mol. The molecule has 0 spiro atoms. The van der Waals surface area contributed by atoms with Crippen LogP contribution in [0.1, 0.15) is 17.2 Å². The molecule has 2 heterocycles. The third-order valence-corrected chi connectivity index (χ3v) is 5.71. The van der Waals surface area contributed by atoms with Crippen molar-refractivity contribution in [1.29, 1.82) is 0 Å². The third kappa shape index (κ3) is 3.57. The van der Waals surface area contributed by atoms with Crippen LogP contribution in [0.15, 0.2) is 78.4 Å². The summed E-state index contributed by atoms with van der Waals surface area (Å²) in [4.78, 5) is 27.8. The average Bonchev–Trinajstić information content (AvgIpc) is 3.14. The number of aliphatic hydroxyl groups excluding tert-OH is 1. The van der Waals surface area contributed by atoms with Crippen molar-refractivity contribution in [3.8, 4) is 17.2 Å². The summed E-state index contributed by atoms with van der Waals surface area (Å²) in [5.74, 6) is -0.175. The molecular weight excluding hydrogens is 422 g/mol. The minimum absolute atomic E-state index is 0.00528. The number of aliphatic hydroxyl groups is 1. The fraction of sp³-hybridized carbons (Fsp3) is 0.154. The lowest BCUT2D eigenvalue weighted by Crippen LogP contribution is -2.29. The molecule has 1 atom stereocenters. The molecule has 0 bridgehead atoms. The number of nitrogens with zero attached hydrogens (tertiary/aromatic N) is 1. The largest absolute Gasteiger partial charge is 0.507 e. The van der Waals surface area contributed by atoms with Crippen molar-refractivity contribution in [2.24, 2.45) is 0 Å². The Hall–Kier alpha value is -4.26. The van der Waals surface area contributed by atoms with Gasteiger partial charge in [-0.2, -0.15) is 0 Å². The first-order chi connectivity index (χ1) is 16.1. The van der Waals surface area contributed by atoms with E-state index in [1.54, 1.807) is 42.5 Å². The quantitative estimate of drug-likeness (QED) is 0.371. The van der Waals surface area contributed by atoms with Gasteiger partial charge in [0.2, 0.25) is 0 Å². The molecular formula is C26H21NO6. The summed E-state index contributed by atoms with van der Waals surface area (Å²) >= 11 is 0. The molecule has 2 aliphatic rings. The van der Waals surface area contributed by atoms with Gasteiger partial charge in [-0.1, -0.05) is 36.4 Å². The van der Waals surface area contributed by atoms with Crippen LogP contribution in [0.4, 0.5) is 5.69 Å². The van der Waals surface area contributed by atoms with Crippen LogP contribution in [0.25, 0.3) is 5.76 Å². The fourth-order valence-electron chi connectivity index (χ4n) is 4.16. The SMILES string of the molecule is COc1cccc(N2C(=O)C(=O)/C(=C(\O)c3ccc4c(c3)OCCO4)C2c2ccccc2)c1. The zero-order valence-electron chi connectivity index (χ0n) is 17.9. The van der Waals surface area contributed by atoms with Crippen LogP contribution in [-0.4, -0.2) is 37.1 Å². The van der Waals surface area contributed by atoms with Crippen LogP contribution in [0.2, 0.25) is 0 Å². The Balaban J connectivity index is 1.68. The number of rotatable bonds is 4. The maximum absolute atomic E-state index is 13.2. The summed E-state index contributed by atoms with van der Waals surface area (Å²) in [5.41, 5.74) is 1.56. The zero-order valence-corrected chi connectivity index (χ0v) is 17.9. The molecule has 1 amide bonds. The summed E-state index contributed by atoms with van der Waals surface area (Å²) in [6.45, 7) is 0.833. The number of ether oxygens (including phenoxy) is 3. The molecule has 5 rings (SSSR count). The summed E-state index contributed by atoms with van der Waals surface area (Å²) in [6, 6.07) is 20.2. The first-order valence-electron chi connectivity index (χ1n) is 10.5. The van der Waals surface area contributed by atoms with E-state index in [1.165, 1.54) is 12.0 Å². The molecule has 1 N–H and O–H groups in total. The number of carbonyl (C=O) groups is 2. The number of hydrogen-bond donors (Lipinski definition) is 1. The van der Waals surface area contributed by atoms with Crippen LogP contribution in [0.3, 0.4) is 0 Å². The van der Waals surface area contributed by atoms with Crippen molar-refractivity contribution in [2.45, 2.75) is 6.04 Å². The van der Waals surface area contributed by atoms with Gasteiger partial charge in [-0.3, -0.25) is 14.5 Å². The molecule has 0 aliphatic carbocycles. The molecule has 7 heteroatoms. The lowest BCUT2D eigenvalue weighted by Gasteiger charge is -2.26. The van der Waals surface area contributed by atoms with Gasteiger partial charge in [0.1, 0.15) is 24.7 Å². The Morgan fingerprint density at radius 2 is 1.70 bits per heavy atom. The van der Waals surface area contributed by atoms with Crippen molar-refractivity contribution in [2.75, 3.05) is 25.2 Å². The van der Waals surface area contributed by atoms with Gasteiger partial charge < -0.3 is 19.3 Å². The van der Waals surface area contributed by atoms with E-state index in [-0.39, 0.29) is 11.3 Å². The Morgan fingerprint density at radius 1 is 0.939 bits per heavy atom. The van der Waals surface area contributed by atoms with Crippen molar-refractivity contribution >= 4 is 23.1 Å². The highest BCUT2D eigenvalue weighted by molar-refractivity contribution is 6.51. The zero-order chi connectivity index (χ0) is 22.9. The van der Waals surface area contributed by atoms with Gasteiger partial charge in [0, 0.05) is 17.3 Å². The predicted octanol–water partition coefficient (Wildman–Crippen LogP) is 4.09. The summed E-state index contributed by atoms with van der Waals surface area (Å²) < 4.78 is 16.5. The van der Waals surface area contributed by atoms with Crippen molar-refractivity contribution < 1.29 is 28.9 Å². The number of hydrogen-bond acceptors (Lipinski definition) is 6. The number of carbonyl (C=O) groups excluding carboxylic acids is 2. The second kappa shape index (κ2) is 8.35. The maximum Gasteiger partial charge on any atom is 0.300 e. The number of benzene rings is 3. The van der Waals surface area contributed by atoms with E-state index in [0.29, 0.717) is 47.3 Å². The lowest BCUT2D eigenvalue weighted by atomic mass is 9.95. The molecule has 33 heavy (non-hydrogen) atoms. The molecule has 0 saturated carbocycles. The van der Waals surface area contributed by atoms with Crippen molar-refractivity contribution in [1.82, 2.24) is 0 Å². The third-order valence-electron chi connectivity index (χ3n) is 5.71. The van der Waals surface area contributed by atoms with Gasteiger partial charge in [0.15, 0.2) is 11.5 Å². The summed E-state index contributed by atoms with van der Waals surface area (Å²) in [5, 5.41) is 11.3. The highest BCUT2D eigenvalue weighted by atomic mass is 16.6. The molecule has 2 aliphatic heterocycles. The van der Waals surface area contributed by atoms with Crippen LogP contribution >= 0.6 is 0 Å². The Bertz CT molecular complexity index is 1270. The Morgan fingerprint density at radius 3 is 2.45 bits per heavy atom. The van der Waals surface area contributed by atoms with Gasteiger partial charge in [-0.05, 0) is 35.9 Å². The second-order valence-electron chi connectivity index (χ2n) is 7.64. The van der Waals surface area contributed by atoms with Crippen LogP contribution in [-0.2, 0) is 9.59 Å². The first kappa shape index (κ1) is 20.6. The first-order valence-corrected chi connectivity index (χ1v) is 10.5. The van der Waals surface area contributed by atoms with E-state index in [4.69, 9.17) is 14.2 Å². The van der Waals surface area contributed by atoms with Gasteiger partial charge in [0.05, 0.1) is 18.7 Å². The monoisotopic (exact) mass is 443 g/mol. The van der Waals surface area contributed by atoms with Gasteiger partial charge in [0.25, 0.3) is 11.7 Å². The van der Waals surface area contributed by atoms with E-state index in [9.17, 15) is 14.7 Å².